The summed E-state index contributed by atoms with van der Waals surface area (Å²) in [6, 6.07) is 22.3. The van der Waals surface area contributed by atoms with Gasteiger partial charge in [-0.15, -0.1) is 0 Å². The van der Waals surface area contributed by atoms with E-state index in [-0.39, 0.29) is 0 Å². The van der Waals surface area contributed by atoms with Crippen LogP contribution < -0.4 is 16.6 Å². The van der Waals surface area contributed by atoms with Crippen LogP contribution in [0, 0.1) is 0 Å². The van der Waals surface area contributed by atoms with Gasteiger partial charge in [0.15, 0.2) is 0 Å². The molecule has 0 aromatic heterocycles. The Balaban J connectivity index is 1.55. The van der Waals surface area contributed by atoms with Gasteiger partial charge in [0.1, 0.15) is 0 Å². The SMILES string of the molecule is CN1Cc2cc(C3=CC=C(N)[NH2+]N3)ccc2C(c2ccc3ccccc3c2)C1. The monoisotopic (exact) mass is 369 g/mol. The number of fused-ring (bicyclic) bond motifs is 2. The first-order chi connectivity index (χ1) is 13.7. The highest BCUT2D eigenvalue weighted by molar-refractivity contribution is 5.83. The van der Waals surface area contributed by atoms with Crippen LogP contribution in [0.4, 0.5) is 0 Å². The second-order valence-electron chi connectivity index (χ2n) is 7.81. The van der Waals surface area contributed by atoms with Crippen molar-refractivity contribution in [1.29, 1.82) is 0 Å². The highest BCUT2D eigenvalue weighted by atomic mass is 15.4. The second kappa shape index (κ2) is 6.82. The van der Waals surface area contributed by atoms with Crippen molar-refractivity contribution >= 4 is 16.5 Å². The first-order valence-electron chi connectivity index (χ1n) is 9.75. The number of hydrogen-bond acceptors (Lipinski definition) is 3. The summed E-state index contributed by atoms with van der Waals surface area (Å²) in [4.78, 5) is 2.42. The van der Waals surface area contributed by atoms with E-state index in [1.807, 2.05) is 17.6 Å². The number of allylic oxidation sites excluding steroid dienone is 2. The van der Waals surface area contributed by atoms with Gasteiger partial charge in [-0.25, -0.2) is 5.43 Å². The summed E-state index contributed by atoms with van der Waals surface area (Å²) in [5.74, 6) is 1.14. The van der Waals surface area contributed by atoms with Crippen LogP contribution in [0.15, 0.2) is 78.6 Å². The fourth-order valence-electron chi connectivity index (χ4n) is 4.34. The number of nitrogens with zero attached hydrogens (tertiary/aromatic N) is 1. The zero-order chi connectivity index (χ0) is 19.1. The van der Waals surface area contributed by atoms with Crippen molar-refractivity contribution in [3.05, 3.63) is 101 Å². The number of rotatable bonds is 2. The minimum atomic E-state index is 0.391. The van der Waals surface area contributed by atoms with Crippen molar-refractivity contribution in [3.8, 4) is 0 Å². The van der Waals surface area contributed by atoms with Crippen molar-refractivity contribution in [2.75, 3.05) is 13.6 Å². The van der Waals surface area contributed by atoms with Gasteiger partial charge in [-0.1, -0.05) is 54.6 Å². The number of hydrogen-bond donors (Lipinski definition) is 3. The van der Waals surface area contributed by atoms with Crippen LogP contribution in [0.3, 0.4) is 0 Å². The summed E-state index contributed by atoms with van der Waals surface area (Å²) >= 11 is 0. The van der Waals surface area contributed by atoms with Crippen LogP contribution in [-0.4, -0.2) is 18.5 Å². The van der Waals surface area contributed by atoms with Crippen molar-refractivity contribution in [1.82, 2.24) is 10.3 Å². The molecule has 0 spiro atoms. The van der Waals surface area contributed by atoms with Gasteiger partial charge in [-0.05, 0) is 46.7 Å². The highest BCUT2D eigenvalue weighted by Crippen LogP contribution is 2.35. The average molecular weight is 369 g/mol. The Morgan fingerprint density at radius 2 is 1.86 bits per heavy atom. The summed E-state index contributed by atoms with van der Waals surface area (Å²) in [6.45, 7) is 2.01. The van der Waals surface area contributed by atoms with E-state index in [9.17, 15) is 0 Å². The first kappa shape index (κ1) is 17.0. The maximum Gasteiger partial charge on any atom is 0.220 e. The van der Waals surface area contributed by atoms with E-state index in [2.05, 4.69) is 78.0 Å². The molecule has 1 unspecified atom stereocenters. The Labute approximate surface area is 165 Å². The molecule has 4 heteroatoms. The number of nitrogens with one attached hydrogen (secondary N) is 1. The molecule has 140 valence electrons. The Morgan fingerprint density at radius 1 is 1.00 bits per heavy atom. The third-order valence-electron chi connectivity index (χ3n) is 5.78. The van der Waals surface area contributed by atoms with Crippen LogP contribution in [0.5, 0.6) is 0 Å². The molecule has 2 aliphatic heterocycles. The molecule has 0 radical (unpaired) electrons. The molecule has 3 aromatic rings. The molecule has 4 nitrogen and oxygen atoms in total. The normalized spacial score (nSPS) is 19.5. The number of likely N-dealkylation sites (N-methyl/N-ethyl adjacent to an activating group) is 1. The summed E-state index contributed by atoms with van der Waals surface area (Å²) in [7, 11) is 2.21. The lowest BCUT2D eigenvalue weighted by Gasteiger charge is -2.33. The van der Waals surface area contributed by atoms with Crippen molar-refractivity contribution in [3.63, 3.8) is 0 Å². The predicted octanol–water partition coefficient (Wildman–Crippen LogP) is 2.64. The molecule has 0 aliphatic carbocycles. The first-order valence-corrected chi connectivity index (χ1v) is 9.75. The van der Waals surface area contributed by atoms with Gasteiger partial charge in [0, 0.05) is 30.6 Å². The van der Waals surface area contributed by atoms with Crippen molar-refractivity contribution < 1.29 is 5.43 Å². The molecule has 0 saturated carbocycles. The van der Waals surface area contributed by atoms with Crippen LogP contribution >= 0.6 is 0 Å². The van der Waals surface area contributed by atoms with Crippen LogP contribution in [0.25, 0.3) is 16.5 Å². The van der Waals surface area contributed by atoms with Gasteiger partial charge in [0.2, 0.25) is 5.82 Å². The van der Waals surface area contributed by atoms with E-state index >= 15 is 0 Å². The number of quaternary nitrogens is 1. The number of nitrogens with two attached hydrogens (primary N) is 2. The minimum absolute atomic E-state index is 0.391. The second-order valence-corrected chi connectivity index (χ2v) is 7.81. The van der Waals surface area contributed by atoms with Gasteiger partial charge >= 0.3 is 0 Å². The molecule has 0 saturated heterocycles. The molecule has 1 atom stereocenters. The van der Waals surface area contributed by atoms with Gasteiger partial charge in [0.05, 0.1) is 5.70 Å². The zero-order valence-electron chi connectivity index (χ0n) is 16.0. The standard InChI is InChI=1S/C24H24N4/c1-28-14-20-13-19(23-10-11-24(25)27-26-23)8-9-21(20)22(15-28)18-7-6-16-4-2-3-5-17(16)12-18/h2-13,22,26-27H,14-15,25H2,1H3/p+1. The summed E-state index contributed by atoms with van der Waals surface area (Å²) < 4.78 is 0. The molecule has 5 rings (SSSR count). The lowest BCUT2D eigenvalue weighted by molar-refractivity contribution is -0.655. The summed E-state index contributed by atoms with van der Waals surface area (Å²) in [5.41, 5.74) is 17.5. The molecule has 0 amide bonds. The van der Waals surface area contributed by atoms with Crippen molar-refractivity contribution in [2.24, 2.45) is 5.73 Å². The van der Waals surface area contributed by atoms with Crippen LogP contribution in [-0.2, 0) is 6.54 Å². The maximum atomic E-state index is 5.82. The third-order valence-corrected chi connectivity index (χ3v) is 5.78. The smallest absolute Gasteiger partial charge is 0.220 e. The predicted molar refractivity (Wildman–Crippen MR) is 114 cm³/mol. The molecule has 3 aromatic carbocycles. The van der Waals surface area contributed by atoms with Gasteiger partial charge < -0.3 is 10.6 Å². The summed E-state index contributed by atoms with van der Waals surface area (Å²) in [5, 5.41) is 2.60. The maximum absolute atomic E-state index is 5.82. The lowest BCUT2D eigenvalue weighted by Crippen LogP contribution is -2.93. The Morgan fingerprint density at radius 3 is 2.68 bits per heavy atom. The van der Waals surface area contributed by atoms with Crippen LogP contribution in [0.2, 0.25) is 0 Å². The van der Waals surface area contributed by atoms with Crippen molar-refractivity contribution in [2.45, 2.75) is 12.5 Å². The molecular formula is C24H25N4+. The molecule has 2 heterocycles. The molecule has 5 N–H and O–H groups in total. The third kappa shape index (κ3) is 3.07. The van der Waals surface area contributed by atoms with E-state index in [0.29, 0.717) is 5.92 Å². The molecular weight excluding hydrogens is 344 g/mol. The van der Waals surface area contributed by atoms with Crippen LogP contribution in [0.1, 0.15) is 28.2 Å². The van der Waals surface area contributed by atoms with E-state index in [0.717, 1.165) is 24.6 Å². The Bertz CT molecular complexity index is 1110. The Kier molecular flexibility index (Phi) is 4.15. The average Bonchev–Trinajstić information content (AvgIpc) is 2.73. The van der Waals surface area contributed by atoms with Gasteiger partial charge in [-0.2, -0.15) is 5.43 Å². The van der Waals surface area contributed by atoms with E-state index in [4.69, 9.17) is 5.73 Å². The highest BCUT2D eigenvalue weighted by Gasteiger charge is 2.25. The molecule has 0 bridgehead atoms. The summed E-state index contributed by atoms with van der Waals surface area (Å²) in [6.07, 6.45) is 3.99. The molecule has 28 heavy (non-hydrogen) atoms. The molecule has 2 aliphatic rings. The fraction of sp³-hybridized carbons (Fsp3) is 0.167. The quantitative estimate of drug-likeness (QED) is 0.609. The Hall–Kier alpha value is -3.08. The fourth-order valence-corrected chi connectivity index (χ4v) is 4.34. The largest absolute Gasteiger partial charge is 0.353 e. The minimum Gasteiger partial charge on any atom is -0.353 e. The van der Waals surface area contributed by atoms with Gasteiger partial charge in [0.25, 0.3) is 0 Å². The van der Waals surface area contributed by atoms with E-state index in [1.165, 1.54) is 33.0 Å². The lowest BCUT2D eigenvalue weighted by atomic mass is 9.83. The topological polar surface area (TPSA) is 57.9 Å². The zero-order valence-corrected chi connectivity index (χ0v) is 16.0. The number of benzene rings is 3. The van der Waals surface area contributed by atoms with E-state index in [1.54, 1.807) is 0 Å². The van der Waals surface area contributed by atoms with Gasteiger partial charge in [-0.3, -0.25) is 0 Å². The molecule has 0 fully saturated rings. The van der Waals surface area contributed by atoms with E-state index < -0.39 is 0 Å².